The molecule has 0 bridgehead atoms. The first-order chi connectivity index (χ1) is 22.6. The Bertz CT molecular complexity index is 1930. The molecule has 4 aromatic carbocycles. The van der Waals surface area contributed by atoms with Crippen LogP contribution in [0.1, 0.15) is 33.3 Å². The fraction of sp³-hybridized carbons (Fsp3) is 0.111. The van der Waals surface area contributed by atoms with Gasteiger partial charge in [-0.15, -0.1) is 23.1 Å². The van der Waals surface area contributed by atoms with Gasteiger partial charge in [0.15, 0.2) is 5.13 Å². The minimum atomic E-state index is -0.675. The smallest absolute Gasteiger partial charge is 0.272 e. The lowest BCUT2D eigenvalue weighted by molar-refractivity contribution is -0.115. The van der Waals surface area contributed by atoms with Gasteiger partial charge in [0.1, 0.15) is 11.5 Å². The first-order valence-corrected chi connectivity index (χ1v) is 16.6. The summed E-state index contributed by atoms with van der Waals surface area (Å²) in [6.07, 6.45) is 1.20. The van der Waals surface area contributed by atoms with Gasteiger partial charge in [0.25, 0.3) is 11.8 Å². The standard InChI is InChI=1S/C36H30ClFN4O3S2/c1-21-12-14-24(15-13-21)32-22(2)47-36(41-32)42-33(43)23(3)46-27-18-16-26(17-19-27)39-35(45)31(20-28-29(37)10-7-11-30(28)38)40-34(44)25-8-5-4-6-9-25/h4-20,23H,1-3H3,(H,39,45)(H,40,44)(H,41,42,43)/b31-20-. The van der Waals surface area contributed by atoms with E-state index < -0.39 is 22.9 Å². The van der Waals surface area contributed by atoms with Crippen molar-refractivity contribution in [3.63, 3.8) is 0 Å². The van der Waals surface area contributed by atoms with Crippen LogP contribution in [0.4, 0.5) is 15.2 Å². The molecule has 0 spiro atoms. The summed E-state index contributed by atoms with van der Waals surface area (Å²) in [7, 11) is 0. The molecule has 5 aromatic rings. The number of carbonyl (C=O) groups excluding carboxylic acids is 3. The second-order valence-corrected chi connectivity index (χ2v) is 13.6. The average molecular weight is 685 g/mol. The number of nitrogens with zero attached hydrogens (tertiary/aromatic N) is 1. The highest BCUT2D eigenvalue weighted by Gasteiger charge is 2.19. The number of aryl methyl sites for hydroxylation is 2. The molecule has 3 N–H and O–H groups in total. The van der Waals surface area contributed by atoms with Gasteiger partial charge in [-0.05, 0) is 75.4 Å². The molecule has 0 aliphatic heterocycles. The van der Waals surface area contributed by atoms with Crippen LogP contribution < -0.4 is 16.0 Å². The van der Waals surface area contributed by atoms with Gasteiger partial charge in [-0.25, -0.2) is 9.37 Å². The number of rotatable bonds is 10. The van der Waals surface area contributed by atoms with Crippen LogP contribution in [0.3, 0.4) is 0 Å². The van der Waals surface area contributed by atoms with E-state index in [1.165, 1.54) is 47.4 Å². The number of aromatic nitrogens is 1. The van der Waals surface area contributed by atoms with Crippen molar-refractivity contribution in [3.8, 4) is 11.3 Å². The highest BCUT2D eigenvalue weighted by atomic mass is 35.5. The molecule has 1 aromatic heterocycles. The number of amides is 3. The molecule has 1 heterocycles. The van der Waals surface area contributed by atoms with Crippen molar-refractivity contribution in [1.82, 2.24) is 10.3 Å². The molecule has 238 valence electrons. The van der Waals surface area contributed by atoms with Gasteiger partial charge < -0.3 is 16.0 Å². The maximum Gasteiger partial charge on any atom is 0.272 e. The third kappa shape index (κ3) is 8.74. The second-order valence-electron chi connectivity index (χ2n) is 10.5. The molecule has 1 unspecified atom stereocenters. The van der Waals surface area contributed by atoms with Crippen LogP contribution in [0.15, 0.2) is 108 Å². The van der Waals surface area contributed by atoms with E-state index in [1.54, 1.807) is 61.5 Å². The molecular formula is C36H30ClFN4O3S2. The minimum Gasteiger partial charge on any atom is -0.321 e. The first-order valence-electron chi connectivity index (χ1n) is 14.5. The van der Waals surface area contributed by atoms with E-state index in [-0.39, 0.29) is 22.2 Å². The van der Waals surface area contributed by atoms with E-state index in [4.69, 9.17) is 11.6 Å². The largest absolute Gasteiger partial charge is 0.321 e. The topological polar surface area (TPSA) is 100 Å². The Kier molecular flexibility index (Phi) is 10.9. The fourth-order valence-electron chi connectivity index (χ4n) is 4.44. The maximum absolute atomic E-state index is 14.6. The quantitative estimate of drug-likeness (QED) is 0.101. The number of halogens is 2. The molecule has 0 radical (unpaired) electrons. The number of thioether (sulfide) groups is 1. The molecule has 0 saturated carbocycles. The highest BCUT2D eigenvalue weighted by molar-refractivity contribution is 8.00. The summed E-state index contributed by atoms with van der Waals surface area (Å²) in [5, 5.41) is 8.42. The predicted octanol–water partition coefficient (Wildman–Crippen LogP) is 8.75. The Morgan fingerprint density at radius 2 is 1.60 bits per heavy atom. The monoisotopic (exact) mass is 684 g/mol. The van der Waals surface area contributed by atoms with Crippen molar-refractivity contribution >= 4 is 69.3 Å². The number of carbonyl (C=O) groups is 3. The van der Waals surface area contributed by atoms with E-state index >= 15 is 0 Å². The lowest BCUT2D eigenvalue weighted by Crippen LogP contribution is -2.30. The molecule has 0 aliphatic rings. The number of hydrogen-bond donors (Lipinski definition) is 3. The SMILES string of the molecule is Cc1ccc(-c2nc(NC(=O)C(C)Sc3ccc(NC(=O)/C(=C/c4c(F)cccc4Cl)NC(=O)c4ccccc4)cc3)sc2C)cc1. The summed E-state index contributed by atoms with van der Waals surface area (Å²) in [6.45, 7) is 5.81. The molecular weight excluding hydrogens is 655 g/mol. The van der Waals surface area contributed by atoms with Gasteiger partial charge in [0.2, 0.25) is 5.91 Å². The van der Waals surface area contributed by atoms with Gasteiger partial charge in [-0.1, -0.05) is 65.7 Å². The van der Waals surface area contributed by atoms with Crippen molar-refractivity contribution in [3.05, 3.63) is 135 Å². The van der Waals surface area contributed by atoms with Crippen LogP contribution in [0.25, 0.3) is 17.3 Å². The summed E-state index contributed by atoms with van der Waals surface area (Å²) in [6, 6.07) is 27.5. The van der Waals surface area contributed by atoms with Gasteiger partial charge in [-0.2, -0.15) is 0 Å². The molecule has 1 atom stereocenters. The van der Waals surface area contributed by atoms with Crippen molar-refractivity contribution in [2.75, 3.05) is 10.6 Å². The molecule has 11 heteroatoms. The Hall–Kier alpha value is -4.77. The number of benzene rings is 4. The first kappa shape index (κ1) is 33.6. The number of hydrogen-bond acceptors (Lipinski definition) is 6. The van der Waals surface area contributed by atoms with Gasteiger partial charge in [0, 0.05) is 32.2 Å². The Balaban J connectivity index is 1.24. The lowest BCUT2D eigenvalue weighted by atomic mass is 10.1. The Labute approximate surface area is 285 Å². The summed E-state index contributed by atoms with van der Waals surface area (Å²) < 4.78 is 14.6. The second kappa shape index (κ2) is 15.2. The summed E-state index contributed by atoms with van der Waals surface area (Å²) >= 11 is 8.97. The minimum absolute atomic E-state index is 0.0361. The zero-order valence-electron chi connectivity index (χ0n) is 25.6. The van der Waals surface area contributed by atoms with Crippen molar-refractivity contribution in [2.45, 2.75) is 30.9 Å². The summed E-state index contributed by atoms with van der Waals surface area (Å²) in [5.74, 6) is -2.05. The predicted molar refractivity (Wildman–Crippen MR) is 189 cm³/mol. The molecule has 0 saturated heterocycles. The van der Waals surface area contributed by atoms with E-state index in [9.17, 15) is 18.8 Å². The van der Waals surface area contributed by atoms with E-state index in [1.807, 2.05) is 38.1 Å². The summed E-state index contributed by atoms with van der Waals surface area (Å²) in [5.41, 5.74) is 3.52. The normalized spacial score (nSPS) is 11.9. The van der Waals surface area contributed by atoms with Crippen LogP contribution in [-0.4, -0.2) is 28.0 Å². The number of nitrogens with one attached hydrogen (secondary N) is 3. The van der Waals surface area contributed by atoms with Crippen molar-refractivity contribution in [2.24, 2.45) is 0 Å². The van der Waals surface area contributed by atoms with Crippen LogP contribution >= 0.6 is 34.7 Å². The molecule has 7 nitrogen and oxygen atoms in total. The highest BCUT2D eigenvalue weighted by Crippen LogP contribution is 2.32. The van der Waals surface area contributed by atoms with Crippen LogP contribution in [0.2, 0.25) is 5.02 Å². The van der Waals surface area contributed by atoms with E-state index in [2.05, 4.69) is 20.9 Å². The Morgan fingerprint density at radius 3 is 2.28 bits per heavy atom. The lowest BCUT2D eigenvalue weighted by Gasteiger charge is -2.13. The molecule has 3 amide bonds. The third-order valence-corrected chi connectivity index (χ3v) is 9.29. The fourth-order valence-corrected chi connectivity index (χ4v) is 6.37. The van der Waals surface area contributed by atoms with Crippen LogP contribution in [0, 0.1) is 19.7 Å². The van der Waals surface area contributed by atoms with E-state index in [0.29, 0.717) is 16.4 Å². The maximum atomic E-state index is 14.6. The molecule has 5 rings (SSSR count). The summed E-state index contributed by atoms with van der Waals surface area (Å²) in [4.78, 5) is 45.7. The zero-order chi connectivity index (χ0) is 33.5. The third-order valence-electron chi connectivity index (χ3n) is 6.96. The molecule has 0 fully saturated rings. The van der Waals surface area contributed by atoms with Crippen molar-refractivity contribution < 1.29 is 18.8 Å². The number of anilines is 2. The van der Waals surface area contributed by atoms with Gasteiger partial charge >= 0.3 is 0 Å². The van der Waals surface area contributed by atoms with Crippen LogP contribution in [0.5, 0.6) is 0 Å². The molecule has 0 aliphatic carbocycles. The van der Waals surface area contributed by atoms with Crippen LogP contribution in [-0.2, 0) is 9.59 Å². The Morgan fingerprint density at radius 1 is 0.894 bits per heavy atom. The van der Waals surface area contributed by atoms with E-state index in [0.717, 1.165) is 26.6 Å². The molecule has 47 heavy (non-hydrogen) atoms. The average Bonchev–Trinajstić information content (AvgIpc) is 3.43. The van der Waals surface area contributed by atoms with Crippen molar-refractivity contribution in [1.29, 1.82) is 0 Å². The zero-order valence-corrected chi connectivity index (χ0v) is 28.0. The number of thiazole rings is 1. The van der Waals surface area contributed by atoms with Gasteiger partial charge in [-0.3, -0.25) is 14.4 Å². The van der Waals surface area contributed by atoms with Gasteiger partial charge in [0.05, 0.1) is 16.0 Å².